The second kappa shape index (κ2) is 6.27. The molecule has 0 aliphatic rings. The van der Waals surface area contributed by atoms with Gasteiger partial charge in [0.1, 0.15) is 15.7 Å². The molecule has 0 saturated heterocycles. The van der Waals surface area contributed by atoms with Crippen molar-refractivity contribution in [3.8, 4) is 0 Å². The van der Waals surface area contributed by atoms with Gasteiger partial charge in [-0.2, -0.15) is 13.2 Å². The van der Waals surface area contributed by atoms with Gasteiger partial charge in [0.2, 0.25) is 0 Å². The number of halogens is 5. The molecule has 0 atom stereocenters. The molecule has 10 heteroatoms. The summed E-state index contributed by atoms with van der Waals surface area (Å²) in [6.07, 6.45) is -3.41. The van der Waals surface area contributed by atoms with E-state index in [0.717, 1.165) is 17.0 Å². The summed E-state index contributed by atoms with van der Waals surface area (Å²) in [5.74, 6) is -0.412. The molecule has 0 aliphatic carbocycles. The molecule has 0 radical (unpaired) electrons. The molecular formula is C14H8Cl2F3N3OS. The summed E-state index contributed by atoms with van der Waals surface area (Å²) in [6.45, 7) is 0.0468. The fraction of sp³-hybridized carbons (Fsp3) is 0.143. The molecule has 4 nitrogen and oxygen atoms in total. The van der Waals surface area contributed by atoms with Crippen LogP contribution in [-0.4, -0.2) is 15.9 Å². The van der Waals surface area contributed by atoms with Gasteiger partial charge < -0.3 is 10.3 Å². The van der Waals surface area contributed by atoms with E-state index >= 15 is 0 Å². The molecule has 3 aromatic heterocycles. The standard InChI is InChI=1S/C14H8Cl2F3N3OS/c15-10-11-8(24-12(10)16)3-7(22-11)13(23)21-5-6-1-2-9(20-4-6)14(17,18)19/h1-4,22H,5H2,(H,21,23). The van der Waals surface area contributed by atoms with Crippen molar-refractivity contribution in [2.45, 2.75) is 12.7 Å². The van der Waals surface area contributed by atoms with Gasteiger partial charge >= 0.3 is 6.18 Å². The maximum absolute atomic E-state index is 12.4. The van der Waals surface area contributed by atoms with Crippen LogP contribution in [0.4, 0.5) is 13.2 Å². The minimum Gasteiger partial charge on any atom is -0.349 e. The lowest BCUT2D eigenvalue weighted by molar-refractivity contribution is -0.141. The van der Waals surface area contributed by atoms with E-state index in [2.05, 4.69) is 15.3 Å². The molecule has 0 aliphatic heterocycles. The van der Waals surface area contributed by atoms with Crippen molar-refractivity contribution in [3.63, 3.8) is 0 Å². The summed E-state index contributed by atoms with van der Waals surface area (Å²) in [7, 11) is 0. The number of amides is 1. The second-order valence-electron chi connectivity index (χ2n) is 4.84. The molecule has 2 N–H and O–H groups in total. The molecule has 24 heavy (non-hydrogen) atoms. The highest BCUT2D eigenvalue weighted by molar-refractivity contribution is 7.23. The minimum atomic E-state index is -4.49. The van der Waals surface area contributed by atoms with Crippen LogP contribution in [0.25, 0.3) is 10.2 Å². The third kappa shape index (κ3) is 3.35. The van der Waals surface area contributed by atoms with E-state index in [1.54, 1.807) is 6.07 Å². The highest BCUT2D eigenvalue weighted by Crippen LogP contribution is 2.38. The monoisotopic (exact) mass is 393 g/mol. The molecule has 0 bridgehead atoms. The number of pyridine rings is 1. The van der Waals surface area contributed by atoms with Crippen LogP contribution >= 0.6 is 34.5 Å². The summed E-state index contributed by atoms with van der Waals surface area (Å²) in [5, 5.41) is 2.95. The summed E-state index contributed by atoms with van der Waals surface area (Å²) >= 11 is 13.1. The Labute approximate surface area is 147 Å². The van der Waals surface area contributed by atoms with E-state index in [1.165, 1.54) is 17.4 Å². The molecule has 0 saturated carbocycles. The SMILES string of the molecule is O=C(NCc1ccc(C(F)(F)F)nc1)c1cc2sc(Cl)c(Cl)c2[nH]1. The van der Waals surface area contributed by atoms with Gasteiger partial charge in [0.05, 0.1) is 15.2 Å². The highest BCUT2D eigenvalue weighted by Gasteiger charge is 2.32. The van der Waals surface area contributed by atoms with Crippen LogP contribution in [0.3, 0.4) is 0 Å². The molecule has 0 spiro atoms. The number of carbonyl (C=O) groups is 1. The molecule has 3 rings (SSSR count). The number of aromatic nitrogens is 2. The number of fused-ring (bicyclic) bond motifs is 1. The number of hydrogen-bond acceptors (Lipinski definition) is 3. The van der Waals surface area contributed by atoms with E-state index in [0.29, 0.717) is 20.4 Å². The van der Waals surface area contributed by atoms with Gasteiger partial charge in [0, 0.05) is 12.7 Å². The summed E-state index contributed by atoms with van der Waals surface area (Å²) in [6, 6.07) is 3.74. The van der Waals surface area contributed by atoms with Crippen molar-refractivity contribution in [1.29, 1.82) is 0 Å². The Morgan fingerprint density at radius 2 is 2.08 bits per heavy atom. The zero-order chi connectivity index (χ0) is 17.5. The maximum Gasteiger partial charge on any atom is 0.433 e. The number of rotatable bonds is 3. The van der Waals surface area contributed by atoms with Crippen LogP contribution in [0.2, 0.25) is 9.36 Å². The number of nitrogens with one attached hydrogen (secondary N) is 2. The van der Waals surface area contributed by atoms with Crippen molar-refractivity contribution in [2.24, 2.45) is 0 Å². The molecule has 0 fully saturated rings. The summed E-state index contributed by atoms with van der Waals surface area (Å²) in [5.41, 5.74) is 0.335. The summed E-state index contributed by atoms with van der Waals surface area (Å²) in [4.78, 5) is 18.3. The largest absolute Gasteiger partial charge is 0.433 e. The lowest BCUT2D eigenvalue weighted by atomic mass is 10.2. The van der Waals surface area contributed by atoms with Crippen LogP contribution < -0.4 is 5.32 Å². The number of hydrogen-bond donors (Lipinski definition) is 2. The van der Waals surface area contributed by atoms with Gasteiger partial charge in [-0.3, -0.25) is 9.78 Å². The Morgan fingerprint density at radius 3 is 2.67 bits per heavy atom. The number of alkyl halides is 3. The molecular weight excluding hydrogens is 386 g/mol. The van der Waals surface area contributed by atoms with Gasteiger partial charge in [-0.05, 0) is 17.7 Å². The van der Waals surface area contributed by atoms with Crippen LogP contribution in [-0.2, 0) is 12.7 Å². The van der Waals surface area contributed by atoms with E-state index in [-0.39, 0.29) is 12.2 Å². The third-order valence-corrected chi connectivity index (χ3v) is 5.12. The van der Waals surface area contributed by atoms with Gasteiger partial charge in [-0.1, -0.05) is 29.3 Å². The van der Waals surface area contributed by atoms with Gasteiger partial charge in [-0.15, -0.1) is 11.3 Å². The van der Waals surface area contributed by atoms with Crippen LogP contribution in [0.1, 0.15) is 21.7 Å². The second-order valence-corrected chi connectivity index (χ2v) is 6.88. The smallest absolute Gasteiger partial charge is 0.349 e. The van der Waals surface area contributed by atoms with Gasteiger partial charge in [-0.25, -0.2) is 0 Å². The van der Waals surface area contributed by atoms with Crippen molar-refractivity contribution >= 4 is 50.7 Å². The predicted octanol–water partition coefficient (Wildman–Crippen LogP) is 4.88. The minimum absolute atomic E-state index is 0.0468. The Kier molecular flexibility index (Phi) is 4.46. The average Bonchev–Trinajstić information content (AvgIpc) is 3.05. The first kappa shape index (κ1) is 17.1. The van der Waals surface area contributed by atoms with Crippen LogP contribution in [0.5, 0.6) is 0 Å². The number of nitrogens with zero attached hydrogens (tertiary/aromatic N) is 1. The summed E-state index contributed by atoms with van der Waals surface area (Å²) < 4.78 is 38.5. The number of aromatic amines is 1. The van der Waals surface area contributed by atoms with Crippen molar-refractivity contribution in [3.05, 3.63) is 50.7 Å². The first-order chi connectivity index (χ1) is 11.3. The van der Waals surface area contributed by atoms with Crippen molar-refractivity contribution in [1.82, 2.24) is 15.3 Å². The van der Waals surface area contributed by atoms with E-state index in [9.17, 15) is 18.0 Å². The fourth-order valence-electron chi connectivity index (χ4n) is 2.02. The molecule has 3 heterocycles. The van der Waals surface area contributed by atoms with E-state index < -0.39 is 17.8 Å². The molecule has 1 amide bonds. The predicted molar refractivity (Wildman–Crippen MR) is 86.6 cm³/mol. The molecule has 3 aromatic rings. The number of H-pyrrole nitrogens is 1. The first-order valence-corrected chi connectivity index (χ1v) is 8.10. The lowest BCUT2D eigenvalue weighted by Gasteiger charge is -2.07. The number of thiophene rings is 1. The average molecular weight is 394 g/mol. The maximum atomic E-state index is 12.4. The Bertz CT molecular complexity index is 903. The normalized spacial score (nSPS) is 11.9. The van der Waals surface area contributed by atoms with Gasteiger partial charge in [0.25, 0.3) is 5.91 Å². The van der Waals surface area contributed by atoms with Crippen molar-refractivity contribution < 1.29 is 18.0 Å². The zero-order valence-electron chi connectivity index (χ0n) is 11.7. The lowest BCUT2D eigenvalue weighted by Crippen LogP contribution is -2.23. The van der Waals surface area contributed by atoms with Crippen molar-refractivity contribution in [2.75, 3.05) is 0 Å². The van der Waals surface area contributed by atoms with Gasteiger partial charge in [0.15, 0.2) is 0 Å². The van der Waals surface area contributed by atoms with E-state index in [1.807, 2.05) is 0 Å². The zero-order valence-corrected chi connectivity index (χ0v) is 14.0. The van der Waals surface area contributed by atoms with Crippen LogP contribution in [0, 0.1) is 0 Å². The topological polar surface area (TPSA) is 57.8 Å². The van der Waals surface area contributed by atoms with Crippen LogP contribution in [0.15, 0.2) is 24.4 Å². The fourth-order valence-corrected chi connectivity index (χ4v) is 3.50. The third-order valence-electron chi connectivity index (χ3n) is 3.19. The Morgan fingerprint density at radius 1 is 1.33 bits per heavy atom. The highest BCUT2D eigenvalue weighted by atomic mass is 35.5. The quantitative estimate of drug-likeness (QED) is 0.665. The first-order valence-electron chi connectivity index (χ1n) is 6.52. The molecule has 126 valence electrons. The van der Waals surface area contributed by atoms with E-state index in [4.69, 9.17) is 23.2 Å². The Balaban J connectivity index is 1.68. The Hall–Kier alpha value is -1.77. The number of carbonyl (C=O) groups excluding carboxylic acids is 1. The molecule has 0 unspecified atom stereocenters. The molecule has 0 aromatic carbocycles.